The van der Waals surface area contributed by atoms with Gasteiger partial charge in [0, 0.05) is 24.4 Å². The van der Waals surface area contributed by atoms with Crippen molar-refractivity contribution in [3.63, 3.8) is 0 Å². The maximum Gasteiger partial charge on any atom is 0.223 e. The second-order valence-electron chi connectivity index (χ2n) is 10.1. The fourth-order valence-corrected chi connectivity index (χ4v) is 5.57. The van der Waals surface area contributed by atoms with Crippen LogP contribution in [-0.2, 0) is 11.3 Å². The number of nitrogens with one attached hydrogen (secondary N) is 4. The highest BCUT2D eigenvalue weighted by molar-refractivity contribution is 5.79. The highest BCUT2D eigenvalue weighted by atomic mass is 16.5. The van der Waals surface area contributed by atoms with Gasteiger partial charge >= 0.3 is 0 Å². The van der Waals surface area contributed by atoms with Crippen LogP contribution in [0.3, 0.4) is 0 Å². The van der Waals surface area contributed by atoms with Crippen molar-refractivity contribution in [2.45, 2.75) is 45.1 Å². The fraction of sp³-hybridized carbons (Fsp3) is 0.367. The summed E-state index contributed by atoms with van der Waals surface area (Å²) in [4.78, 5) is 13.8. The molecule has 37 heavy (non-hydrogen) atoms. The molecule has 194 valence electrons. The topological polar surface area (TPSA) is 83.7 Å². The number of benzene rings is 3. The van der Waals surface area contributed by atoms with Crippen molar-refractivity contribution in [1.29, 1.82) is 0 Å². The molecule has 0 spiro atoms. The molecule has 2 fully saturated rings. The molecule has 0 radical (unpaired) electrons. The van der Waals surface area contributed by atoms with Crippen molar-refractivity contribution >= 4 is 5.91 Å². The molecule has 0 aromatic heterocycles. The third-order valence-corrected chi connectivity index (χ3v) is 7.67. The summed E-state index contributed by atoms with van der Waals surface area (Å²) in [5.74, 6) is 1.28. The summed E-state index contributed by atoms with van der Waals surface area (Å²) < 4.78 is 11.0. The smallest absolute Gasteiger partial charge is 0.223 e. The molecule has 3 aromatic carbocycles. The molecule has 2 saturated heterocycles. The predicted octanol–water partition coefficient (Wildman–Crippen LogP) is 4.08. The molecule has 7 heteroatoms. The van der Waals surface area contributed by atoms with E-state index < -0.39 is 0 Å². The summed E-state index contributed by atoms with van der Waals surface area (Å²) >= 11 is 0. The van der Waals surface area contributed by atoms with Crippen molar-refractivity contribution < 1.29 is 14.3 Å². The van der Waals surface area contributed by atoms with E-state index in [1.807, 2.05) is 18.2 Å². The number of amides is 1. The lowest BCUT2D eigenvalue weighted by Gasteiger charge is -2.40. The van der Waals surface area contributed by atoms with Crippen LogP contribution in [0.1, 0.15) is 46.3 Å². The summed E-state index contributed by atoms with van der Waals surface area (Å²) in [5.41, 5.74) is 12.7. The van der Waals surface area contributed by atoms with E-state index in [2.05, 4.69) is 83.9 Å². The second-order valence-corrected chi connectivity index (χ2v) is 10.1. The predicted molar refractivity (Wildman–Crippen MR) is 144 cm³/mol. The first-order valence-corrected chi connectivity index (χ1v) is 12.9. The summed E-state index contributed by atoms with van der Waals surface area (Å²) in [5, 5.41) is 6.97. The van der Waals surface area contributed by atoms with Gasteiger partial charge in [0.05, 0.1) is 26.4 Å². The number of hydrogen-bond acceptors (Lipinski definition) is 6. The molecule has 5 rings (SSSR count). The number of carbonyl (C=O) groups is 1. The van der Waals surface area contributed by atoms with Crippen molar-refractivity contribution in [2.75, 3.05) is 14.2 Å². The van der Waals surface area contributed by atoms with Gasteiger partial charge in [-0.15, -0.1) is 0 Å². The quantitative estimate of drug-likeness (QED) is 0.391. The number of fused-ring (bicyclic) bond motifs is 1. The van der Waals surface area contributed by atoms with Gasteiger partial charge in [-0.05, 0) is 49.1 Å². The second kappa shape index (κ2) is 10.9. The number of hydrogen-bond donors (Lipinski definition) is 4. The zero-order chi connectivity index (χ0) is 25.9. The van der Waals surface area contributed by atoms with Gasteiger partial charge in [-0.25, -0.2) is 10.9 Å². The third kappa shape index (κ3) is 5.34. The van der Waals surface area contributed by atoms with Crippen LogP contribution in [0.5, 0.6) is 11.5 Å². The largest absolute Gasteiger partial charge is 0.493 e. The maximum absolute atomic E-state index is 13.8. The number of carbonyl (C=O) groups excluding carboxylic acids is 1. The SMILES string of the molecule is COc1ccc(C2CC(C(=O)NCc3ccc(C)cc3)C3C(NNC3c3ccc(C)cc3)N2)cc1OC. The molecule has 2 aliphatic rings. The van der Waals surface area contributed by atoms with E-state index in [1.165, 1.54) is 16.7 Å². The number of ether oxygens (including phenoxy) is 2. The number of hydrazine groups is 1. The Kier molecular flexibility index (Phi) is 7.46. The van der Waals surface area contributed by atoms with Crippen LogP contribution in [-0.4, -0.2) is 26.3 Å². The minimum Gasteiger partial charge on any atom is -0.493 e. The summed E-state index contributed by atoms with van der Waals surface area (Å²) in [6, 6.07) is 22.8. The van der Waals surface area contributed by atoms with Crippen molar-refractivity contribution in [1.82, 2.24) is 21.5 Å². The lowest BCUT2D eigenvalue weighted by Crippen LogP contribution is -2.54. The van der Waals surface area contributed by atoms with E-state index in [-0.39, 0.29) is 36.0 Å². The van der Waals surface area contributed by atoms with Gasteiger partial charge in [0.25, 0.3) is 0 Å². The molecule has 2 heterocycles. The van der Waals surface area contributed by atoms with Gasteiger partial charge in [-0.3, -0.25) is 10.1 Å². The average Bonchev–Trinajstić information content (AvgIpc) is 3.36. The van der Waals surface area contributed by atoms with Gasteiger partial charge in [0.1, 0.15) is 0 Å². The Balaban J connectivity index is 1.42. The van der Waals surface area contributed by atoms with Gasteiger partial charge in [-0.2, -0.15) is 0 Å². The summed E-state index contributed by atoms with van der Waals surface area (Å²) in [6.45, 7) is 4.67. The van der Waals surface area contributed by atoms with Crippen LogP contribution in [0.25, 0.3) is 0 Å². The van der Waals surface area contributed by atoms with E-state index >= 15 is 0 Å². The van der Waals surface area contributed by atoms with Crippen LogP contribution in [0.4, 0.5) is 0 Å². The molecule has 0 aliphatic carbocycles. The van der Waals surface area contributed by atoms with Crippen LogP contribution in [0, 0.1) is 25.7 Å². The molecule has 0 saturated carbocycles. The van der Waals surface area contributed by atoms with E-state index in [0.29, 0.717) is 24.5 Å². The van der Waals surface area contributed by atoms with E-state index in [0.717, 1.165) is 11.1 Å². The Morgan fingerprint density at radius 1 is 0.865 bits per heavy atom. The van der Waals surface area contributed by atoms with Crippen LogP contribution < -0.4 is 31.0 Å². The molecule has 7 nitrogen and oxygen atoms in total. The Morgan fingerprint density at radius 3 is 2.19 bits per heavy atom. The van der Waals surface area contributed by atoms with Crippen LogP contribution in [0.2, 0.25) is 0 Å². The molecule has 3 aromatic rings. The number of rotatable bonds is 7. The van der Waals surface area contributed by atoms with Crippen molar-refractivity contribution in [3.8, 4) is 11.5 Å². The Bertz CT molecular complexity index is 1230. The first kappa shape index (κ1) is 25.3. The highest BCUT2D eigenvalue weighted by Crippen LogP contribution is 2.43. The normalized spacial score (nSPS) is 24.8. The van der Waals surface area contributed by atoms with Crippen molar-refractivity contribution in [3.05, 3.63) is 94.5 Å². The van der Waals surface area contributed by atoms with Gasteiger partial charge < -0.3 is 14.8 Å². The fourth-order valence-electron chi connectivity index (χ4n) is 5.57. The summed E-state index contributed by atoms with van der Waals surface area (Å²) in [7, 11) is 3.27. The molecule has 1 amide bonds. The first-order valence-electron chi connectivity index (χ1n) is 12.9. The molecule has 5 unspecified atom stereocenters. The van der Waals surface area contributed by atoms with Gasteiger partial charge in [-0.1, -0.05) is 65.7 Å². The molecule has 5 atom stereocenters. The number of aryl methyl sites for hydroxylation is 2. The van der Waals surface area contributed by atoms with Gasteiger partial charge in [0.2, 0.25) is 5.91 Å². The lowest BCUT2D eigenvalue weighted by molar-refractivity contribution is -0.129. The van der Waals surface area contributed by atoms with E-state index in [9.17, 15) is 4.79 Å². The first-order chi connectivity index (χ1) is 18.0. The minimum atomic E-state index is -0.205. The standard InChI is InChI=1S/C30H36N4O3/c1-18-5-9-20(10-6-18)17-31-30(35)23-16-24(22-13-14-25(36-3)26(15-22)37-4)32-29-27(23)28(33-34-29)21-11-7-19(2)8-12-21/h5-15,23-24,27-29,32-34H,16-17H2,1-4H3,(H,31,35). The monoisotopic (exact) mass is 500 g/mol. The molecule has 2 aliphatic heterocycles. The summed E-state index contributed by atoms with van der Waals surface area (Å²) in [6.07, 6.45) is 0.593. The molecule has 4 N–H and O–H groups in total. The zero-order valence-electron chi connectivity index (χ0n) is 21.9. The van der Waals surface area contributed by atoms with E-state index in [1.54, 1.807) is 14.2 Å². The molecular weight excluding hydrogens is 464 g/mol. The van der Waals surface area contributed by atoms with Crippen LogP contribution >= 0.6 is 0 Å². The Hall–Kier alpha value is -3.39. The highest BCUT2D eigenvalue weighted by Gasteiger charge is 2.49. The maximum atomic E-state index is 13.8. The molecular formula is C30H36N4O3. The number of methoxy groups -OCH3 is 2. The Morgan fingerprint density at radius 2 is 1.51 bits per heavy atom. The zero-order valence-corrected chi connectivity index (χ0v) is 21.9. The van der Waals surface area contributed by atoms with Gasteiger partial charge in [0.15, 0.2) is 11.5 Å². The Labute approximate surface area is 218 Å². The van der Waals surface area contributed by atoms with Crippen LogP contribution in [0.15, 0.2) is 66.7 Å². The third-order valence-electron chi connectivity index (χ3n) is 7.67. The lowest BCUT2D eigenvalue weighted by atomic mass is 9.74. The minimum absolute atomic E-state index is 0.0135. The number of piperidine rings is 1. The molecule has 0 bridgehead atoms. The van der Waals surface area contributed by atoms with Crippen molar-refractivity contribution in [2.24, 2.45) is 11.8 Å². The average molecular weight is 501 g/mol. The van der Waals surface area contributed by atoms with E-state index in [4.69, 9.17) is 9.47 Å².